The van der Waals surface area contributed by atoms with Crippen LogP contribution in [-0.4, -0.2) is 77.2 Å². The highest BCUT2D eigenvalue weighted by atomic mass is 16.4. The van der Waals surface area contributed by atoms with Crippen molar-refractivity contribution in [1.82, 2.24) is 16.0 Å². The first-order chi connectivity index (χ1) is 13.9. The molecule has 0 fully saturated rings. The van der Waals surface area contributed by atoms with Crippen LogP contribution in [-0.2, 0) is 19.2 Å². The third-order valence-electron chi connectivity index (χ3n) is 4.04. The molecule has 0 rings (SSSR count). The zero-order valence-corrected chi connectivity index (χ0v) is 17.4. The lowest BCUT2D eigenvalue weighted by Crippen LogP contribution is -2.58. The minimum Gasteiger partial charge on any atom is -0.480 e. The topological polar surface area (TPSA) is 235 Å². The molecule has 0 saturated heterocycles. The predicted molar refractivity (Wildman–Crippen MR) is 109 cm³/mol. The zero-order valence-electron chi connectivity index (χ0n) is 17.4. The van der Waals surface area contributed by atoms with Crippen molar-refractivity contribution in [2.75, 3.05) is 13.2 Å². The largest absolute Gasteiger partial charge is 0.480 e. The van der Waals surface area contributed by atoms with E-state index in [2.05, 4.69) is 20.9 Å². The number of carboxylic acids is 1. The van der Waals surface area contributed by atoms with Gasteiger partial charge in [-0.1, -0.05) is 13.8 Å². The van der Waals surface area contributed by atoms with Crippen LogP contribution < -0.4 is 33.2 Å². The molecule has 0 aromatic carbocycles. The van der Waals surface area contributed by atoms with Gasteiger partial charge in [0.15, 0.2) is 5.96 Å². The maximum absolute atomic E-state index is 12.7. The monoisotopic (exact) mass is 431 g/mol. The van der Waals surface area contributed by atoms with Crippen molar-refractivity contribution in [2.45, 2.75) is 57.8 Å². The molecule has 0 aromatic heterocycles. The van der Waals surface area contributed by atoms with Crippen LogP contribution in [0.4, 0.5) is 0 Å². The number of hydrogen-bond donors (Lipinski definition) is 8. The third-order valence-corrected chi connectivity index (χ3v) is 4.04. The van der Waals surface area contributed by atoms with E-state index >= 15 is 0 Å². The molecule has 13 heteroatoms. The lowest BCUT2D eigenvalue weighted by molar-refractivity contribution is -0.143. The fourth-order valence-corrected chi connectivity index (χ4v) is 2.31. The van der Waals surface area contributed by atoms with Gasteiger partial charge in [0.1, 0.15) is 18.1 Å². The van der Waals surface area contributed by atoms with Crippen LogP contribution in [0.1, 0.15) is 33.6 Å². The van der Waals surface area contributed by atoms with Crippen LogP contribution in [0, 0.1) is 5.92 Å². The Bertz CT molecular complexity index is 634. The second-order valence-electron chi connectivity index (χ2n) is 7.11. The molecule has 0 aliphatic heterocycles. The van der Waals surface area contributed by atoms with Gasteiger partial charge in [0, 0.05) is 6.54 Å². The molecular formula is C17H33N7O6. The highest BCUT2D eigenvalue weighted by Gasteiger charge is 2.30. The Labute approximate surface area is 174 Å². The Hall–Kier alpha value is -2.93. The normalized spacial score (nSPS) is 14.7. The minimum absolute atomic E-state index is 0.0815. The summed E-state index contributed by atoms with van der Waals surface area (Å²) >= 11 is 0. The van der Waals surface area contributed by atoms with Gasteiger partial charge >= 0.3 is 5.97 Å². The zero-order chi connectivity index (χ0) is 23.4. The molecule has 0 radical (unpaired) electrons. The number of carbonyl (C=O) groups excluding carboxylic acids is 3. The van der Waals surface area contributed by atoms with Crippen LogP contribution in [0.15, 0.2) is 4.99 Å². The summed E-state index contributed by atoms with van der Waals surface area (Å²) in [5, 5.41) is 25.3. The average molecular weight is 431 g/mol. The molecule has 3 amide bonds. The van der Waals surface area contributed by atoms with Crippen LogP contribution in [0.2, 0.25) is 0 Å². The molecule has 11 N–H and O–H groups in total. The molecule has 30 heavy (non-hydrogen) atoms. The smallest absolute Gasteiger partial charge is 0.328 e. The highest BCUT2D eigenvalue weighted by molar-refractivity contribution is 5.94. The number of hydrogen-bond acceptors (Lipinski definition) is 7. The van der Waals surface area contributed by atoms with Crippen molar-refractivity contribution < 1.29 is 29.4 Å². The van der Waals surface area contributed by atoms with Crippen LogP contribution >= 0.6 is 0 Å². The number of aliphatic hydroxyl groups excluding tert-OH is 1. The maximum Gasteiger partial charge on any atom is 0.328 e. The molecule has 0 aliphatic rings. The molecule has 0 saturated carbocycles. The first kappa shape index (κ1) is 27.1. The van der Waals surface area contributed by atoms with Crippen LogP contribution in [0.25, 0.3) is 0 Å². The molecule has 0 bridgehead atoms. The maximum atomic E-state index is 12.7. The van der Waals surface area contributed by atoms with Crippen LogP contribution in [0.5, 0.6) is 0 Å². The van der Waals surface area contributed by atoms with Crippen LogP contribution in [0.3, 0.4) is 0 Å². The van der Waals surface area contributed by atoms with E-state index in [9.17, 15) is 19.2 Å². The number of aliphatic hydroxyl groups is 1. The summed E-state index contributed by atoms with van der Waals surface area (Å²) in [5.41, 5.74) is 16.0. The number of amides is 3. The number of rotatable bonds is 13. The predicted octanol–water partition coefficient (Wildman–Crippen LogP) is -3.43. The quantitative estimate of drug-likeness (QED) is 0.0821. The molecule has 4 atom stereocenters. The van der Waals surface area contributed by atoms with E-state index < -0.39 is 54.5 Å². The van der Waals surface area contributed by atoms with Crippen molar-refractivity contribution in [3.05, 3.63) is 0 Å². The summed E-state index contributed by atoms with van der Waals surface area (Å²) in [6, 6.07) is -4.48. The molecule has 172 valence electrons. The van der Waals surface area contributed by atoms with Gasteiger partial charge in [-0.2, -0.15) is 0 Å². The SMILES string of the molecule is CC(N)C(=O)NC(C(=O)NC(CCCN=C(N)N)C(=O)NC(CO)C(=O)O)C(C)C. The number of carboxylic acid groups (broad SMARTS) is 1. The van der Waals surface area contributed by atoms with Crippen molar-refractivity contribution in [3.8, 4) is 0 Å². The van der Waals surface area contributed by atoms with Gasteiger partial charge in [0.05, 0.1) is 12.6 Å². The molecule has 4 unspecified atom stereocenters. The van der Waals surface area contributed by atoms with E-state index in [4.69, 9.17) is 27.4 Å². The summed E-state index contributed by atoms with van der Waals surface area (Å²) in [6.45, 7) is 4.22. The second kappa shape index (κ2) is 13.3. The van der Waals surface area contributed by atoms with E-state index in [1.54, 1.807) is 13.8 Å². The number of aliphatic imine (C=N–C) groups is 1. The Morgan fingerprint density at radius 3 is 1.93 bits per heavy atom. The van der Waals surface area contributed by atoms with Gasteiger partial charge in [-0.05, 0) is 25.7 Å². The molecule has 0 spiro atoms. The highest BCUT2D eigenvalue weighted by Crippen LogP contribution is 2.06. The van der Waals surface area contributed by atoms with E-state index in [0.717, 1.165) is 0 Å². The van der Waals surface area contributed by atoms with Crippen molar-refractivity contribution in [2.24, 2.45) is 28.1 Å². The van der Waals surface area contributed by atoms with Gasteiger partial charge < -0.3 is 43.4 Å². The Balaban J connectivity index is 5.37. The van der Waals surface area contributed by atoms with E-state index in [1.807, 2.05) is 0 Å². The first-order valence-electron chi connectivity index (χ1n) is 9.46. The number of aliphatic carboxylic acids is 1. The van der Waals surface area contributed by atoms with E-state index in [0.29, 0.717) is 6.42 Å². The van der Waals surface area contributed by atoms with Gasteiger partial charge in [-0.25, -0.2) is 4.79 Å². The number of nitrogens with two attached hydrogens (primary N) is 3. The van der Waals surface area contributed by atoms with Gasteiger partial charge in [0.2, 0.25) is 17.7 Å². The van der Waals surface area contributed by atoms with Gasteiger partial charge in [-0.15, -0.1) is 0 Å². The standard InChI is InChI=1S/C17H33N7O6/c1-8(2)12(24-13(26)9(3)18)15(28)22-10(5-4-6-21-17(19)20)14(27)23-11(7-25)16(29)30/h8-12,25H,4-7,18H2,1-3H3,(H,22,28)(H,23,27)(H,24,26)(H,29,30)(H4,19,20,21). The summed E-state index contributed by atoms with van der Waals surface area (Å²) in [4.78, 5) is 52.0. The van der Waals surface area contributed by atoms with E-state index in [1.165, 1.54) is 6.92 Å². The lowest BCUT2D eigenvalue weighted by atomic mass is 10.0. The Morgan fingerprint density at radius 1 is 0.933 bits per heavy atom. The fourth-order valence-electron chi connectivity index (χ4n) is 2.31. The van der Waals surface area contributed by atoms with Crippen molar-refractivity contribution in [1.29, 1.82) is 0 Å². The third kappa shape index (κ3) is 10.0. The summed E-state index contributed by atoms with van der Waals surface area (Å²) in [6.07, 6.45) is 0.379. The molecule has 13 nitrogen and oxygen atoms in total. The lowest BCUT2D eigenvalue weighted by Gasteiger charge is -2.26. The molecule has 0 aliphatic carbocycles. The molecular weight excluding hydrogens is 398 g/mol. The molecule has 0 heterocycles. The second-order valence-corrected chi connectivity index (χ2v) is 7.11. The van der Waals surface area contributed by atoms with Crippen molar-refractivity contribution in [3.63, 3.8) is 0 Å². The van der Waals surface area contributed by atoms with E-state index in [-0.39, 0.29) is 24.8 Å². The number of nitrogens with one attached hydrogen (secondary N) is 3. The Morgan fingerprint density at radius 2 is 1.50 bits per heavy atom. The first-order valence-corrected chi connectivity index (χ1v) is 9.46. The fraction of sp³-hybridized carbons (Fsp3) is 0.706. The number of nitrogens with zero attached hydrogens (tertiary/aromatic N) is 1. The number of carbonyl (C=O) groups is 4. The molecule has 0 aromatic rings. The average Bonchev–Trinajstić information content (AvgIpc) is 2.64. The minimum atomic E-state index is -1.53. The van der Waals surface area contributed by atoms with Gasteiger partial charge in [0.25, 0.3) is 0 Å². The van der Waals surface area contributed by atoms with Crippen molar-refractivity contribution >= 4 is 29.7 Å². The summed E-state index contributed by atoms with van der Waals surface area (Å²) in [5.74, 6) is -3.87. The summed E-state index contributed by atoms with van der Waals surface area (Å²) < 4.78 is 0. The number of guanidine groups is 1. The summed E-state index contributed by atoms with van der Waals surface area (Å²) in [7, 11) is 0. The Kier molecular flexibility index (Phi) is 12.0. The van der Waals surface area contributed by atoms with Gasteiger partial charge in [-0.3, -0.25) is 19.4 Å².